The van der Waals surface area contributed by atoms with E-state index < -0.39 is 0 Å². The van der Waals surface area contributed by atoms with Crippen LogP contribution in [-0.4, -0.2) is 80.7 Å². The summed E-state index contributed by atoms with van der Waals surface area (Å²) >= 11 is 0. The van der Waals surface area contributed by atoms with Crippen LogP contribution in [0.1, 0.15) is 113 Å². The number of likely N-dealkylation sites (tertiary alicyclic amines) is 1. The van der Waals surface area contributed by atoms with Crippen molar-refractivity contribution in [1.29, 1.82) is 0 Å². The molecule has 0 aromatic heterocycles. The SMILES string of the molecule is C=CC(C)CC(C)(CC)C1CCN(CCOC(C)C)CC1.CC.CC(=O)C1(CN2CCNCC2)CCCCC1.[U]. The van der Waals surface area contributed by atoms with Gasteiger partial charge in [0.1, 0.15) is 5.78 Å². The Labute approximate surface area is 273 Å². The molecule has 2 heterocycles. The number of piperazine rings is 1. The van der Waals surface area contributed by atoms with Crippen LogP contribution in [0.5, 0.6) is 0 Å². The Morgan fingerprint density at radius 3 is 2.10 bits per heavy atom. The summed E-state index contributed by atoms with van der Waals surface area (Å²) in [6, 6.07) is 0. The molecule has 1 aliphatic carbocycles. The molecule has 3 aliphatic rings. The Morgan fingerprint density at radius 1 is 1.05 bits per heavy atom. The molecule has 6 heteroatoms. The van der Waals surface area contributed by atoms with Crippen molar-refractivity contribution < 1.29 is 40.6 Å². The van der Waals surface area contributed by atoms with E-state index in [1.165, 1.54) is 58.0 Å². The van der Waals surface area contributed by atoms with Crippen LogP contribution in [0.3, 0.4) is 0 Å². The van der Waals surface area contributed by atoms with E-state index in [1.807, 2.05) is 13.8 Å². The minimum absolute atomic E-state index is 0. The molecule has 40 heavy (non-hydrogen) atoms. The van der Waals surface area contributed by atoms with Gasteiger partial charge in [-0.15, -0.1) is 6.58 Å². The van der Waals surface area contributed by atoms with Crippen molar-refractivity contribution in [3.8, 4) is 0 Å². The Balaban J connectivity index is 0.000000718. The van der Waals surface area contributed by atoms with E-state index in [2.05, 4.69) is 62.4 Å². The van der Waals surface area contributed by atoms with Gasteiger partial charge in [-0.1, -0.05) is 66.4 Å². The molecule has 2 unspecified atom stereocenters. The first-order valence-electron chi connectivity index (χ1n) is 16.5. The number of allylic oxidation sites excluding steroid dienone is 1. The number of hydrogen-bond acceptors (Lipinski definition) is 5. The van der Waals surface area contributed by atoms with E-state index in [-0.39, 0.29) is 36.5 Å². The molecule has 0 amide bonds. The summed E-state index contributed by atoms with van der Waals surface area (Å²) in [5.41, 5.74) is 0.476. The van der Waals surface area contributed by atoms with Crippen molar-refractivity contribution in [2.75, 3.05) is 59.0 Å². The van der Waals surface area contributed by atoms with Crippen molar-refractivity contribution >= 4 is 5.78 Å². The van der Waals surface area contributed by atoms with Crippen LogP contribution in [0, 0.1) is 53.8 Å². The number of carbonyl (C=O) groups is 1. The van der Waals surface area contributed by atoms with E-state index in [9.17, 15) is 4.79 Å². The quantitative estimate of drug-likeness (QED) is 0.212. The molecule has 2 aliphatic heterocycles. The zero-order chi connectivity index (χ0) is 29.3. The van der Waals surface area contributed by atoms with Gasteiger partial charge in [-0.2, -0.15) is 0 Å². The summed E-state index contributed by atoms with van der Waals surface area (Å²) in [6.07, 6.45) is 13.8. The largest absolute Gasteiger partial charge is 0.377 e. The molecule has 5 nitrogen and oxygen atoms in total. The number of rotatable bonds is 12. The number of nitrogens with zero attached hydrogens (tertiary/aromatic N) is 2. The second-order valence-corrected chi connectivity index (χ2v) is 12.9. The minimum atomic E-state index is -0.00437. The van der Waals surface area contributed by atoms with Gasteiger partial charge in [0.05, 0.1) is 12.7 Å². The molecule has 2 atom stereocenters. The summed E-state index contributed by atoms with van der Waals surface area (Å²) in [4.78, 5) is 17.0. The van der Waals surface area contributed by atoms with Crippen LogP contribution >= 0.6 is 0 Å². The third-order valence-corrected chi connectivity index (χ3v) is 9.72. The maximum absolute atomic E-state index is 12.0. The summed E-state index contributed by atoms with van der Waals surface area (Å²) in [6.45, 7) is 31.0. The smallest absolute Gasteiger partial charge is 0.137 e. The third kappa shape index (κ3) is 14.2. The molecule has 234 valence electrons. The number of ether oxygens (including phenoxy) is 1. The van der Waals surface area contributed by atoms with Gasteiger partial charge in [0, 0.05) is 75.8 Å². The number of carbonyl (C=O) groups excluding carboxylic acids is 1. The number of piperidine rings is 1. The Kier molecular flexibility index (Phi) is 22.1. The molecule has 0 spiro atoms. The molecule has 1 saturated carbocycles. The monoisotopic (exact) mass is 788 g/mol. The van der Waals surface area contributed by atoms with Gasteiger partial charge in [0.25, 0.3) is 0 Å². The summed E-state index contributed by atoms with van der Waals surface area (Å²) < 4.78 is 5.67. The van der Waals surface area contributed by atoms with E-state index in [0.29, 0.717) is 23.2 Å². The maximum atomic E-state index is 12.0. The molecule has 1 N–H and O–H groups in total. The normalized spacial score (nSPS) is 22.4. The number of ketones is 1. The van der Waals surface area contributed by atoms with Crippen LogP contribution in [-0.2, 0) is 9.53 Å². The number of nitrogens with one attached hydrogen (secondary N) is 1. The van der Waals surface area contributed by atoms with Crippen molar-refractivity contribution in [2.24, 2.45) is 22.7 Å². The van der Waals surface area contributed by atoms with Gasteiger partial charge in [-0.3, -0.25) is 9.69 Å². The molecule has 3 fully saturated rings. The van der Waals surface area contributed by atoms with Gasteiger partial charge in [-0.05, 0) is 83.2 Å². The molecule has 3 rings (SSSR count). The third-order valence-electron chi connectivity index (χ3n) is 9.72. The zero-order valence-electron chi connectivity index (χ0n) is 28.0. The summed E-state index contributed by atoms with van der Waals surface area (Å²) in [5, 5.41) is 3.37. The molecular weight excluding hydrogens is 720 g/mol. The predicted molar refractivity (Wildman–Crippen MR) is 169 cm³/mol. The van der Waals surface area contributed by atoms with Crippen LogP contribution in [0.15, 0.2) is 12.7 Å². The second kappa shape index (κ2) is 21.9. The van der Waals surface area contributed by atoms with Crippen LogP contribution in [0.25, 0.3) is 0 Å². The molecule has 0 radical (unpaired) electrons. The first kappa shape index (κ1) is 40.3. The zero-order valence-corrected chi connectivity index (χ0v) is 32.1. The van der Waals surface area contributed by atoms with Crippen molar-refractivity contribution in [3.05, 3.63) is 12.7 Å². The first-order chi connectivity index (χ1) is 18.6. The summed E-state index contributed by atoms with van der Waals surface area (Å²) in [5.74, 6) is 1.92. The Morgan fingerprint density at radius 2 is 1.62 bits per heavy atom. The van der Waals surface area contributed by atoms with E-state index in [1.54, 1.807) is 6.92 Å². The van der Waals surface area contributed by atoms with E-state index >= 15 is 0 Å². The standard InChI is InChI=1S/C19H37NO.C13H24N2O.C2H6.U/c1-7-17(5)15-19(6,8-2)18-9-11-20(12-10-18)13-14-21-16(3)4;1-12(16)13(5-3-2-4-6-13)11-15-9-7-14-8-10-15;1-2;/h7,16-18H,1,8-15H2,2-6H3;14H,2-11H2,1H3;1-2H3;. The van der Waals surface area contributed by atoms with Gasteiger partial charge in [0.15, 0.2) is 0 Å². The molecule has 0 bridgehead atoms. The fourth-order valence-electron chi connectivity index (χ4n) is 6.84. The number of Topliss-reactive ketones (excluding diaryl/α,β-unsaturated/α-hetero) is 1. The van der Waals surface area contributed by atoms with E-state index in [0.717, 1.165) is 64.6 Å². The van der Waals surface area contributed by atoms with Crippen LogP contribution < -0.4 is 5.32 Å². The molecule has 2 saturated heterocycles. The average Bonchev–Trinajstić information content (AvgIpc) is 2.95. The second-order valence-electron chi connectivity index (χ2n) is 12.9. The van der Waals surface area contributed by atoms with Crippen LogP contribution in [0.2, 0.25) is 0 Å². The van der Waals surface area contributed by atoms with Gasteiger partial charge in [0.2, 0.25) is 0 Å². The summed E-state index contributed by atoms with van der Waals surface area (Å²) in [7, 11) is 0. The van der Waals surface area contributed by atoms with Gasteiger partial charge < -0.3 is 15.0 Å². The van der Waals surface area contributed by atoms with Crippen molar-refractivity contribution in [2.45, 2.75) is 119 Å². The fraction of sp³-hybridized carbons (Fsp3) is 0.912. The van der Waals surface area contributed by atoms with Crippen molar-refractivity contribution in [1.82, 2.24) is 15.1 Å². The van der Waals surface area contributed by atoms with E-state index in [4.69, 9.17) is 4.74 Å². The predicted octanol–water partition coefficient (Wildman–Crippen LogP) is 7.21. The average molecular weight is 788 g/mol. The topological polar surface area (TPSA) is 44.8 Å². The van der Waals surface area contributed by atoms with Crippen LogP contribution in [0.4, 0.5) is 0 Å². The number of hydrogen-bond donors (Lipinski definition) is 1. The first-order valence-corrected chi connectivity index (χ1v) is 16.5. The molecule has 0 aromatic carbocycles. The maximum Gasteiger partial charge on any atom is 0.137 e. The Hall–Kier alpha value is 0.302. The van der Waals surface area contributed by atoms with Gasteiger partial charge >= 0.3 is 0 Å². The fourth-order valence-corrected chi connectivity index (χ4v) is 6.84. The van der Waals surface area contributed by atoms with Crippen molar-refractivity contribution in [3.63, 3.8) is 0 Å². The Bertz CT molecular complexity index is 654. The minimum Gasteiger partial charge on any atom is -0.377 e. The van der Waals surface area contributed by atoms with Gasteiger partial charge in [-0.25, -0.2) is 0 Å². The molecular formula is C34H67N3O2U. The molecule has 0 aromatic rings.